The van der Waals surface area contributed by atoms with Crippen molar-refractivity contribution in [2.24, 2.45) is 0 Å². The molecule has 0 aliphatic rings. The van der Waals surface area contributed by atoms with Crippen LogP contribution >= 0.6 is 0 Å². The minimum Gasteiger partial charge on any atom is -0.494 e. The van der Waals surface area contributed by atoms with Gasteiger partial charge in [0, 0.05) is 5.56 Å². The van der Waals surface area contributed by atoms with E-state index in [2.05, 4.69) is 6.58 Å². The van der Waals surface area contributed by atoms with Crippen molar-refractivity contribution in [2.45, 2.75) is 20.0 Å². The van der Waals surface area contributed by atoms with Crippen LogP contribution < -0.4 is 9.47 Å². The summed E-state index contributed by atoms with van der Waals surface area (Å²) in [4.78, 5) is 10.6. The largest absolute Gasteiger partial charge is 0.494 e. The Kier molecular flexibility index (Phi) is 5.21. The van der Waals surface area contributed by atoms with Gasteiger partial charge < -0.3 is 13.9 Å². The molecule has 0 bridgehead atoms. The van der Waals surface area contributed by atoms with Crippen molar-refractivity contribution in [1.29, 1.82) is 0 Å². The normalized spacial score (nSPS) is 10.1. The Labute approximate surface area is 124 Å². The van der Waals surface area contributed by atoms with Crippen LogP contribution in [0.5, 0.6) is 11.5 Å². The first kappa shape index (κ1) is 14.9. The van der Waals surface area contributed by atoms with Crippen molar-refractivity contribution in [1.82, 2.24) is 0 Å². The van der Waals surface area contributed by atoms with E-state index in [1.165, 1.54) is 0 Å². The Hall–Kier alpha value is -2.49. The van der Waals surface area contributed by atoms with Crippen LogP contribution in [0.15, 0.2) is 47.4 Å². The first-order valence-electron chi connectivity index (χ1n) is 6.80. The zero-order chi connectivity index (χ0) is 15.1. The molecule has 1 aromatic heterocycles. The third-order valence-corrected chi connectivity index (χ3v) is 2.88. The van der Waals surface area contributed by atoms with Gasteiger partial charge in [-0.15, -0.1) is 6.58 Å². The molecule has 0 spiro atoms. The van der Waals surface area contributed by atoms with E-state index in [0.717, 1.165) is 17.1 Å². The number of aldehydes is 1. The second-order valence-corrected chi connectivity index (χ2v) is 4.41. The number of furan rings is 1. The van der Waals surface area contributed by atoms with Gasteiger partial charge in [-0.2, -0.15) is 0 Å². The fourth-order valence-electron chi connectivity index (χ4n) is 1.95. The third kappa shape index (κ3) is 3.99. The molecule has 2 rings (SSSR count). The van der Waals surface area contributed by atoms with Gasteiger partial charge >= 0.3 is 0 Å². The molecule has 0 atom stereocenters. The topological polar surface area (TPSA) is 48.7 Å². The van der Waals surface area contributed by atoms with Crippen LogP contribution in [0.4, 0.5) is 0 Å². The SMILES string of the molecule is C=CCc1cc(OCC)ccc1OCc1ccc(C=O)o1. The van der Waals surface area contributed by atoms with Crippen LogP contribution in [-0.4, -0.2) is 12.9 Å². The summed E-state index contributed by atoms with van der Waals surface area (Å²) in [5.41, 5.74) is 0.998. The maximum absolute atomic E-state index is 10.6. The lowest BCUT2D eigenvalue weighted by molar-refractivity contribution is 0.109. The lowest BCUT2D eigenvalue weighted by Gasteiger charge is -2.11. The molecule has 4 heteroatoms. The third-order valence-electron chi connectivity index (χ3n) is 2.88. The van der Waals surface area contributed by atoms with E-state index < -0.39 is 0 Å². The van der Waals surface area contributed by atoms with E-state index in [9.17, 15) is 4.79 Å². The van der Waals surface area contributed by atoms with Crippen LogP contribution in [0.25, 0.3) is 0 Å². The predicted octanol–water partition coefficient (Wildman–Crippen LogP) is 3.80. The van der Waals surface area contributed by atoms with Gasteiger partial charge in [-0.3, -0.25) is 4.79 Å². The second-order valence-electron chi connectivity index (χ2n) is 4.41. The highest BCUT2D eigenvalue weighted by atomic mass is 16.5. The molecule has 2 aromatic rings. The summed E-state index contributed by atoms with van der Waals surface area (Å²) >= 11 is 0. The second kappa shape index (κ2) is 7.33. The monoisotopic (exact) mass is 286 g/mol. The summed E-state index contributed by atoms with van der Waals surface area (Å²) in [6, 6.07) is 9.03. The summed E-state index contributed by atoms with van der Waals surface area (Å²) in [6.07, 6.45) is 3.17. The maximum atomic E-state index is 10.6. The van der Waals surface area contributed by atoms with E-state index in [0.29, 0.717) is 30.8 Å². The molecular formula is C17H18O4. The quantitative estimate of drug-likeness (QED) is 0.547. The molecule has 0 fully saturated rings. The molecule has 0 N–H and O–H groups in total. The van der Waals surface area contributed by atoms with Crippen molar-refractivity contribution in [3.8, 4) is 11.5 Å². The van der Waals surface area contributed by atoms with Gasteiger partial charge in [0.2, 0.25) is 0 Å². The van der Waals surface area contributed by atoms with Crippen LogP contribution in [0.3, 0.4) is 0 Å². The number of rotatable bonds is 8. The predicted molar refractivity (Wildman–Crippen MR) is 79.9 cm³/mol. The molecule has 110 valence electrons. The number of hydrogen-bond donors (Lipinski definition) is 0. The van der Waals surface area contributed by atoms with Crippen LogP contribution in [0.1, 0.15) is 28.8 Å². The summed E-state index contributed by atoms with van der Waals surface area (Å²) in [5.74, 6) is 2.47. The summed E-state index contributed by atoms with van der Waals surface area (Å²) < 4.78 is 16.5. The molecule has 0 saturated heterocycles. The van der Waals surface area contributed by atoms with Crippen LogP contribution in [0.2, 0.25) is 0 Å². The molecule has 0 unspecified atom stereocenters. The molecule has 21 heavy (non-hydrogen) atoms. The molecule has 1 aromatic carbocycles. The zero-order valence-electron chi connectivity index (χ0n) is 12.0. The lowest BCUT2D eigenvalue weighted by atomic mass is 10.1. The summed E-state index contributed by atoms with van der Waals surface area (Å²) in [6.45, 7) is 6.58. The van der Waals surface area contributed by atoms with Crippen molar-refractivity contribution in [3.63, 3.8) is 0 Å². The van der Waals surface area contributed by atoms with E-state index >= 15 is 0 Å². The van der Waals surface area contributed by atoms with E-state index in [1.54, 1.807) is 12.1 Å². The first-order chi connectivity index (χ1) is 10.3. The Morgan fingerprint density at radius 3 is 2.76 bits per heavy atom. The summed E-state index contributed by atoms with van der Waals surface area (Å²) in [7, 11) is 0. The number of allylic oxidation sites excluding steroid dienone is 1. The lowest BCUT2D eigenvalue weighted by Crippen LogP contribution is -1.99. The molecule has 0 aliphatic carbocycles. The highest BCUT2D eigenvalue weighted by Crippen LogP contribution is 2.26. The first-order valence-corrected chi connectivity index (χ1v) is 6.80. The van der Waals surface area contributed by atoms with Crippen molar-refractivity contribution in [3.05, 3.63) is 60.1 Å². The molecular weight excluding hydrogens is 268 g/mol. The number of benzene rings is 1. The Balaban J connectivity index is 2.10. The van der Waals surface area contributed by atoms with Gasteiger partial charge in [0.25, 0.3) is 0 Å². The van der Waals surface area contributed by atoms with Crippen LogP contribution in [-0.2, 0) is 13.0 Å². The number of carbonyl (C=O) groups is 1. The standard InChI is InChI=1S/C17H18O4/c1-3-5-13-10-14(19-4-2)8-9-17(13)20-12-16-7-6-15(11-18)21-16/h3,6-11H,1,4-5,12H2,2H3. The van der Waals surface area contributed by atoms with E-state index in [1.807, 2.05) is 31.2 Å². The fourth-order valence-corrected chi connectivity index (χ4v) is 1.95. The zero-order valence-corrected chi connectivity index (χ0v) is 12.0. The van der Waals surface area contributed by atoms with Gasteiger partial charge in [0.15, 0.2) is 12.0 Å². The van der Waals surface area contributed by atoms with Gasteiger partial charge in [-0.05, 0) is 43.7 Å². The smallest absolute Gasteiger partial charge is 0.185 e. The van der Waals surface area contributed by atoms with E-state index in [4.69, 9.17) is 13.9 Å². The van der Waals surface area contributed by atoms with Gasteiger partial charge in [-0.25, -0.2) is 0 Å². The Bertz CT molecular complexity index is 613. The Morgan fingerprint density at radius 1 is 1.24 bits per heavy atom. The van der Waals surface area contributed by atoms with Crippen molar-refractivity contribution >= 4 is 6.29 Å². The minimum absolute atomic E-state index is 0.270. The van der Waals surface area contributed by atoms with Gasteiger partial charge in [-0.1, -0.05) is 6.08 Å². The molecule has 0 radical (unpaired) electrons. The van der Waals surface area contributed by atoms with Crippen molar-refractivity contribution < 1.29 is 18.7 Å². The number of hydrogen-bond acceptors (Lipinski definition) is 4. The number of ether oxygens (including phenoxy) is 2. The minimum atomic E-state index is 0.270. The highest BCUT2D eigenvalue weighted by molar-refractivity contribution is 5.70. The van der Waals surface area contributed by atoms with Gasteiger partial charge in [0.05, 0.1) is 6.61 Å². The average molecular weight is 286 g/mol. The fraction of sp³-hybridized carbons (Fsp3) is 0.235. The molecule has 0 amide bonds. The average Bonchev–Trinajstić information content (AvgIpc) is 2.95. The van der Waals surface area contributed by atoms with Crippen LogP contribution in [0, 0.1) is 0 Å². The molecule has 0 aliphatic heterocycles. The molecule has 0 saturated carbocycles. The van der Waals surface area contributed by atoms with E-state index in [-0.39, 0.29) is 6.61 Å². The maximum Gasteiger partial charge on any atom is 0.185 e. The molecule has 4 nitrogen and oxygen atoms in total. The summed E-state index contributed by atoms with van der Waals surface area (Å²) in [5, 5.41) is 0. The molecule has 1 heterocycles. The Morgan fingerprint density at radius 2 is 2.10 bits per heavy atom. The van der Waals surface area contributed by atoms with Gasteiger partial charge in [0.1, 0.15) is 23.9 Å². The number of carbonyl (C=O) groups excluding carboxylic acids is 1. The van der Waals surface area contributed by atoms with Crippen molar-refractivity contribution in [2.75, 3.05) is 6.61 Å². The highest BCUT2D eigenvalue weighted by Gasteiger charge is 2.07.